The van der Waals surface area contributed by atoms with Gasteiger partial charge in [-0.25, -0.2) is 9.13 Å². The van der Waals surface area contributed by atoms with Gasteiger partial charge in [0.15, 0.2) is 6.73 Å². The summed E-state index contributed by atoms with van der Waals surface area (Å²) in [5.74, 6) is 1.11. The molecule has 0 bridgehead atoms. The lowest BCUT2D eigenvalue weighted by atomic mass is 10.3. The minimum atomic E-state index is -6.00. The van der Waals surface area contributed by atoms with Crippen LogP contribution in [0.5, 0.6) is 0 Å². The van der Waals surface area contributed by atoms with Crippen LogP contribution in [0.4, 0.5) is 17.3 Å². The molecule has 1 rings (SSSR count). The third kappa shape index (κ3) is 6.23. The number of halogens is 4. The molecule has 1 aromatic heterocycles. The van der Waals surface area contributed by atoms with Crippen molar-refractivity contribution in [1.82, 2.24) is 4.57 Å². The summed E-state index contributed by atoms with van der Waals surface area (Å²) in [6.45, 7) is 6.28. The van der Waals surface area contributed by atoms with Gasteiger partial charge in [0, 0.05) is 14.0 Å². The van der Waals surface area contributed by atoms with Crippen LogP contribution >= 0.6 is 0 Å². The molecule has 0 fully saturated rings. The Labute approximate surface area is 91.1 Å². The second-order valence-corrected chi connectivity index (χ2v) is 2.82. The standard InChI is InChI=1S/C8H13N2O.BF4/c1-4-9-5-6-10(7-11-3)8(9)2;2-1(3,4)5/h4-6H,1,7H2,2-3H3;/q+1;-1. The first kappa shape index (κ1) is 14.7. The predicted octanol–water partition coefficient (Wildman–Crippen LogP) is 2.09. The Kier molecular flexibility index (Phi) is 5.80. The number of ether oxygens (including phenoxy) is 1. The molecule has 16 heavy (non-hydrogen) atoms. The Morgan fingerprint density at radius 1 is 1.50 bits per heavy atom. The summed E-state index contributed by atoms with van der Waals surface area (Å²) in [7, 11) is -4.32. The van der Waals surface area contributed by atoms with Crippen molar-refractivity contribution in [2.45, 2.75) is 13.7 Å². The highest BCUT2D eigenvalue weighted by molar-refractivity contribution is 6.50. The summed E-state index contributed by atoms with van der Waals surface area (Å²) >= 11 is 0. The lowest BCUT2D eigenvalue weighted by molar-refractivity contribution is -0.735. The van der Waals surface area contributed by atoms with E-state index in [4.69, 9.17) is 4.74 Å². The van der Waals surface area contributed by atoms with E-state index in [1.807, 2.05) is 28.5 Å². The van der Waals surface area contributed by atoms with Gasteiger partial charge >= 0.3 is 7.25 Å². The Morgan fingerprint density at radius 3 is 2.31 bits per heavy atom. The molecular formula is C8H13BF4N2O. The van der Waals surface area contributed by atoms with Gasteiger partial charge in [-0.3, -0.25) is 0 Å². The average molecular weight is 240 g/mol. The molecule has 0 unspecified atom stereocenters. The molecule has 0 spiro atoms. The number of methoxy groups -OCH3 is 1. The number of rotatable bonds is 3. The van der Waals surface area contributed by atoms with Crippen molar-refractivity contribution in [1.29, 1.82) is 0 Å². The largest absolute Gasteiger partial charge is 0.673 e. The fourth-order valence-corrected chi connectivity index (χ4v) is 0.985. The van der Waals surface area contributed by atoms with Gasteiger partial charge < -0.3 is 22.0 Å². The zero-order chi connectivity index (χ0) is 12.8. The molecular weight excluding hydrogens is 227 g/mol. The average Bonchev–Trinajstić information content (AvgIpc) is 2.46. The van der Waals surface area contributed by atoms with E-state index >= 15 is 0 Å². The molecule has 0 aliphatic heterocycles. The lowest BCUT2D eigenvalue weighted by Crippen LogP contribution is -2.35. The van der Waals surface area contributed by atoms with Crippen molar-refractivity contribution in [3.8, 4) is 0 Å². The van der Waals surface area contributed by atoms with Gasteiger partial charge in [0.2, 0.25) is 0 Å². The zero-order valence-corrected chi connectivity index (χ0v) is 9.04. The van der Waals surface area contributed by atoms with Gasteiger partial charge in [-0.2, -0.15) is 0 Å². The van der Waals surface area contributed by atoms with E-state index in [1.54, 1.807) is 13.3 Å². The summed E-state index contributed by atoms with van der Waals surface area (Å²) in [6.07, 6.45) is 5.67. The van der Waals surface area contributed by atoms with Crippen LogP contribution in [-0.4, -0.2) is 18.9 Å². The molecule has 0 amide bonds. The van der Waals surface area contributed by atoms with Crippen molar-refractivity contribution in [2.75, 3.05) is 7.11 Å². The first-order chi connectivity index (χ1) is 7.29. The van der Waals surface area contributed by atoms with E-state index < -0.39 is 7.25 Å². The van der Waals surface area contributed by atoms with Crippen LogP contribution in [0.25, 0.3) is 6.20 Å². The minimum Gasteiger partial charge on any atom is -0.418 e. The maximum atomic E-state index is 9.75. The van der Waals surface area contributed by atoms with Gasteiger partial charge in [0.25, 0.3) is 5.82 Å². The highest BCUT2D eigenvalue weighted by Gasteiger charge is 2.20. The fraction of sp³-hybridized carbons (Fsp3) is 0.375. The quantitative estimate of drug-likeness (QED) is 0.449. The maximum Gasteiger partial charge on any atom is 0.673 e. The van der Waals surface area contributed by atoms with E-state index in [2.05, 4.69) is 6.58 Å². The lowest BCUT2D eigenvalue weighted by Gasteiger charge is -1.94. The maximum absolute atomic E-state index is 9.75. The summed E-state index contributed by atoms with van der Waals surface area (Å²) in [6, 6.07) is 0. The normalized spacial score (nSPS) is 10.6. The van der Waals surface area contributed by atoms with Crippen molar-refractivity contribution >= 4 is 13.5 Å². The Bertz CT molecular complexity index is 331. The second kappa shape index (κ2) is 6.31. The van der Waals surface area contributed by atoms with Crippen LogP contribution in [0.2, 0.25) is 0 Å². The van der Waals surface area contributed by atoms with E-state index in [9.17, 15) is 17.3 Å². The zero-order valence-electron chi connectivity index (χ0n) is 9.04. The number of hydrogen-bond acceptors (Lipinski definition) is 1. The van der Waals surface area contributed by atoms with Crippen LogP contribution in [-0.2, 0) is 11.5 Å². The van der Waals surface area contributed by atoms with Crippen molar-refractivity contribution in [3.63, 3.8) is 0 Å². The number of imidazole rings is 1. The first-order valence-electron chi connectivity index (χ1n) is 4.35. The van der Waals surface area contributed by atoms with Crippen molar-refractivity contribution in [2.24, 2.45) is 0 Å². The van der Waals surface area contributed by atoms with Gasteiger partial charge in [0.1, 0.15) is 12.4 Å². The summed E-state index contributed by atoms with van der Waals surface area (Å²) < 4.78 is 47.9. The molecule has 0 aliphatic rings. The highest BCUT2D eigenvalue weighted by atomic mass is 19.5. The van der Waals surface area contributed by atoms with E-state index in [0.717, 1.165) is 5.82 Å². The molecule has 0 saturated heterocycles. The summed E-state index contributed by atoms with van der Waals surface area (Å²) in [4.78, 5) is 0. The number of nitrogens with zero attached hydrogens (tertiary/aromatic N) is 2. The third-order valence-corrected chi connectivity index (χ3v) is 1.66. The van der Waals surface area contributed by atoms with Crippen molar-refractivity contribution < 1.29 is 26.6 Å². The molecule has 1 heterocycles. The summed E-state index contributed by atoms with van der Waals surface area (Å²) in [5.41, 5.74) is 0. The molecule has 0 saturated carbocycles. The molecule has 0 aliphatic carbocycles. The Morgan fingerprint density at radius 2 is 2.00 bits per heavy atom. The topological polar surface area (TPSA) is 18.0 Å². The molecule has 92 valence electrons. The summed E-state index contributed by atoms with van der Waals surface area (Å²) in [5, 5.41) is 0. The molecule has 0 aromatic carbocycles. The number of hydrogen-bond donors (Lipinski definition) is 0. The Balaban J connectivity index is 0.000000385. The molecule has 0 radical (unpaired) electrons. The molecule has 0 atom stereocenters. The molecule has 3 nitrogen and oxygen atoms in total. The van der Waals surface area contributed by atoms with Gasteiger partial charge in [-0.05, 0) is 0 Å². The SMILES string of the molecule is C=Cn1cc[n+](COC)c1C.F[B-](F)(F)F. The third-order valence-electron chi connectivity index (χ3n) is 1.66. The van der Waals surface area contributed by atoms with E-state index in [0.29, 0.717) is 6.73 Å². The molecule has 0 N–H and O–H groups in total. The second-order valence-electron chi connectivity index (χ2n) is 2.82. The van der Waals surface area contributed by atoms with E-state index in [-0.39, 0.29) is 0 Å². The molecule has 8 heteroatoms. The van der Waals surface area contributed by atoms with Gasteiger partial charge in [-0.15, -0.1) is 0 Å². The van der Waals surface area contributed by atoms with Crippen LogP contribution in [0.1, 0.15) is 5.82 Å². The first-order valence-corrected chi connectivity index (χ1v) is 4.35. The smallest absolute Gasteiger partial charge is 0.418 e. The van der Waals surface area contributed by atoms with Gasteiger partial charge in [0.05, 0.1) is 6.20 Å². The predicted molar refractivity (Wildman–Crippen MR) is 52.9 cm³/mol. The monoisotopic (exact) mass is 240 g/mol. The molecule has 1 aromatic rings. The fourth-order valence-electron chi connectivity index (χ4n) is 0.985. The van der Waals surface area contributed by atoms with Crippen LogP contribution < -0.4 is 4.57 Å². The van der Waals surface area contributed by atoms with Gasteiger partial charge in [-0.1, -0.05) is 6.58 Å². The van der Waals surface area contributed by atoms with Crippen LogP contribution in [0, 0.1) is 6.92 Å². The van der Waals surface area contributed by atoms with Crippen LogP contribution in [0.15, 0.2) is 19.0 Å². The highest BCUT2D eigenvalue weighted by Crippen LogP contribution is 2.06. The number of aromatic nitrogens is 2. The minimum absolute atomic E-state index is 0.590. The van der Waals surface area contributed by atoms with Crippen molar-refractivity contribution in [3.05, 3.63) is 24.8 Å². The van der Waals surface area contributed by atoms with E-state index in [1.165, 1.54) is 0 Å². The Hall–Kier alpha value is -1.31. The van der Waals surface area contributed by atoms with Crippen LogP contribution in [0.3, 0.4) is 0 Å².